The molecule has 0 spiro atoms. The van der Waals surface area contributed by atoms with Crippen LogP contribution in [0.3, 0.4) is 0 Å². The highest BCUT2D eigenvalue weighted by Gasteiger charge is 2.30. The molecule has 0 radical (unpaired) electrons. The predicted molar refractivity (Wildman–Crippen MR) is 125 cm³/mol. The summed E-state index contributed by atoms with van der Waals surface area (Å²) in [6.45, 7) is 1.96. The van der Waals surface area contributed by atoms with Crippen molar-refractivity contribution in [2.75, 3.05) is 16.0 Å². The highest BCUT2D eigenvalue weighted by atomic mass is 35.5. The van der Waals surface area contributed by atoms with Crippen LogP contribution >= 0.6 is 11.6 Å². The summed E-state index contributed by atoms with van der Waals surface area (Å²) in [5, 5.41) is 9.61. The molecule has 8 nitrogen and oxygen atoms in total. The largest absolute Gasteiger partial charge is 0.365 e. The van der Waals surface area contributed by atoms with Crippen molar-refractivity contribution >= 4 is 46.6 Å². The van der Waals surface area contributed by atoms with Crippen LogP contribution in [0.2, 0.25) is 5.02 Å². The second-order valence-electron chi connectivity index (χ2n) is 7.68. The van der Waals surface area contributed by atoms with Crippen LogP contribution in [-0.4, -0.2) is 21.8 Å². The third-order valence-corrected chi connectivity index (χ3v) is 5.47. The number of amides is 2. The van der Waals surface area contributed by atoms with Gasteiger partial charge in [0.05, 0.1) is 16.3 Å². The zero-order valence-corrected chi connectivity index (χ0v) is 18.2. The van der Waals surface area contributed by atoms with Crippen molar-refractivity contribution < 1.29 is 9.59 Å². The van der Waals surface area contributed by atoms with E-state index in [0.29, 0.717) is 22.2 Å². The maximum absolute atomic E-state index is 12.1. The molecule has 32 heavy (non-hydrogen) atoms. The maximum atomic E-state index is 12.1. The van der Waals surface area contributed by atoms with Gasteiger partial charge in [-0.1, -0.05) is 41.9 Å². The molecule has 0 bridgehead atoms. The second-order valence-corrected chi connectivity index (χ2v) is 8.09. The van der Waals surface area contributed by atoms with Gasteiger partial charge in [-0.2, -0.15) is 4.98 Å². The number of hydrogen-bond donors (Lipinski definition) is 4. The molecule has 0 unspecified atom stereocenters. The smallest absolute Gasteiger partial charge is 0.254 e. The SMILES string of the molecule is C[C@H](Nc1nc(Nc2ccc(Cl)c(NC(=O)C3CC3)c2)ncc1C(N)=O)c1ccccc1. The lowest BCUT2D eigenvalue weighted by atomic mass is 10.1. The molecule has 1 fully saturated rings. The predicted octanol–water partition coefficient (Wildman–Crippen LogP) is 4.49. The number of benzene rings is 2. The van der Waals surface area contributed by atoms with Crippen molar-refractivity contribution in [1.29, 1.82) is 0 Å². The summed E-state index contributed by atoms with van der Waals surface area (Å²) in [7, 11) is 0. The lowest BCUT2D eigenvalue weighted by Gasteiger charge is -2.17. The summed E-state index contributed by atoms with van der Waals surface area (Å²) in [6.07, 6.45) is 3.18. The van der Waals surface area contributed by atoms with E-state index in [9.17, 15) is 9.59 Å². The topological polar surface area (TPSA) is 122 Å². The number of rotatable bonds is 8. The fraction of sp³-hybridized carbons (Fsp3) is 0.217. The number of carbonyl (C=O) groups excluding carboxylic acids is 2. The molecule has 3 aromatic rings. The molecule has 1 saturated carbocycles. The molecule has 1 atom stereocenters. The molecule has 0 aliphatic heterocycles. The van der Waals surface area contributed by atoms with Gasteiger partial charge >= 0.3 is 0 Å². The number of carbonyl (C=O) groups is 2. The fourth-order valence-electron chi connectivity index (χ4n) is 3.17. The van der Waals surface area contributed by atoms with Crippen molar-refractivity contribution in [2.45, 2.75) is 25.8 Å². The first-order valence-electron chi connectivity index (χ1n) is 10.3. The van der Waals surface area contributed by atoms with E-state index in [-0.39, 0.29) is 29.4 Å². The summed E-state index contributed by atoms with van der Waals surface area (Å²) < 4.78 is 0. The molecule has 0 saturated heterocycles. The van der Waals surface area contributed by atoms with E-state index in [1.807, 2.05) is 37.3 Å². The number of halogens is 1. The van der Waals surface area contributed by atoms with Gasteiger partial charge in [-0.05, 0) is 43.5 Å². The summed E-state index contributed by atoms with van der Waals surface area (Å²) in [4.78, 5) is 32.6. The molecule has 9 heteroatoms. The Morgan fingerprint density at radius 3 is 2.59 bits per heavy atom. The first kappa shape index (κ1) is 21.6. The van der Waals surface area contributed by atoms with Crippen LogP contribution in [0.5, 0.6) is 0 Å². The number of aromatic nitrogens is 2. The van der Waals surface area contributed by atoms with Gasteiger partial charge in [0.25, 0.3) is 5.91 Å². The Hall–Kier alpha value is -3.65. The first-order chi connectivity index (χ1) is 15.4. The summed E-state index contributed by atoms with van der Waals surface area (Å²) in [5.74, 6) is -0.0156. The van der Waals surface area contributed by atoms with Crippen molar-refractivity contribution in [3.63, 3.8) is 0 Å². The minimum atomic E-state index is -0.629. The molecule has 1 aromatic heterocycles. The third kappa shape index (κ3) is 5.15. The highest BCUT2D eigenvalue weighted by Crippen LogP contribution is 2.33. The number of nitrogens with zero attached hydrogens (tertiary/aromatic N) is 2. The number of anilines is 4. The normalized spacial score (nSPS) is 13.8. The monoisotopic (exact) mass is 450 g/mol. The zero-order chi connectivity index (χ0) is 22.7. The van der Waals surface area contributed by atoms with Crippen LogP contribution < -0.4 is 21.7 Å². The molecule has 4 rings (SSSR count). The summed E-state index contributed by atoms with van der Waals surface area (Å²) in [5.41, 5.74) is 7.87. The van der Waals surface area contributed by atoms with E-state index in [1.54, 1.807) is 18.2 Å². The number of nitrogens with one attached hydrogen (secondary N) is 3. The average molecular weight is 451 g/mol. The molecule has 164 valence electrons. The lowest BCUT2D eigenvalue weighted by molar-refractivity contribution is -0.117. The summed E-state index contributed by atoms with van der Waals surface area (Å²) in [6, 6.07) is 14.8. The van der Waals surface area contributed by atoms with Crippen LogP contribution in [0.4, 0.5) is 23.1 Å². The van der Waals surface area contributed by atoms with Gasteiger partial charge in [-0.15, -0.1) is 0 Å². The Bertz CT molecular complexity index is 1150. The number of nitrogens with two attached hydrogens (primary N) is 1. The molecule has 2 aromatic carbocycles. The fourth-order valence-corrected chi connectivity index (χ4v) is 3.34. The van der Waals surface area contributed by atoms with Crippen molar-refractivity contribution in [1.82, 2.24) is 9.97 Å². The van der Waals surface area contributed by atoms with E-state index in [4.69, 9.17) is 17.3 Å². The standard InChI is InChI=1S/C23H23ClN6O2/c1-13(14-5-3-2-4-6-14)27-21-17(20(25)31)12-26-23(30-21)28-16-9-10-18(24)19(11-16)29-22(32)15-7-8-15/h2-6,9-13,15H,7-8H2,1H3,(H2,25,31)(H,29,32)(H2,26,27,28,30)/t13-/m0/s1. The van der Waals surface area contributed by atoms with E-state index >= 15 is 0 Å². The van der Waals surface area contributed by atoms with Crippen LogP contribution in [0, 0.1) is 5.92 Å². The van der Waals surface area contributed by atoms with Crippen molar-refractivity contribution in [3.05, 3.63) is 70.9 Å². The molecular weight excluding hydrogens is 428 g/mol. The minimum absolute atomic E-state index is 0.0347. The Kier molecular flexibility index (Phi) is 6.23. The number of primary amides is 1. The van der Waals surface area contributed by atoms with Gasteiger partial charge in [0, 0.05) is 23.8 Å². The quantitative estimate of drug-likeness (QED) is 0.401. The maximum Gasteiger partial charge on any atom is 0.254 e. The number of hydrogen-bond acceptors (Lipinski definition) is 6. The summed E-state index contributed by atoms with van der Waals surface area (Å²) >= 11 is 6.23. The Balaban J connectivity index is 1.55. The van der Waals surface area contributed by atoms with Gasteiger partial charge in [-0.25, -0.2) is 4.98 Å². The third-order valence-electron chi connectivity index (χ3n) is 5.14. The average Bonchev–Trinajstić information content (AvgIpc) is 3.62. The molecule has 1 aliphatic rings. The van der Waals surface area contributed by atoms with Gasteiger partial charge in [0.1, 0.15) is 5.82 Å². The van der Waals surface area contributed by atoms with Crippen LogP contribution in [0.25, 0.3) is 0 Å². The van der Waals surface area contributed by atoms with Crippen LogP contribution in [-0.2, 0) is 4.79 Å². The Labute approximate surface area is 190 Å². The van der Waals surface area contributed by atoms with Gasteiger partial charge in [-0.3, -0.25) is 9.59 Å². The molecule has 1 heterocycles. The minimum Gasteiger partial charge on any atom is -0.365 e. The van der Waals surface area contributed by atoms with Gasteiger partial charge in [0.15, 0.2) is 0 Å². The Morgan fingerprint density at radius 1 is 1.16 bits per heavy atom. The van der Waals surface area contributed by atoms with Crippen LogP contribution in [0.15, 0.2) is 54.7 Å². The Morgan fingerprint density at radius 2 is 1.91 bits per heavy atom. The van der Waals surface area contributed by atoms with Crippen molar-refractivity contribution in [2.24, 2.45) is 11.7 Å². The zero-order valence-electron chi connectivity index (χ0n) is 17.4. The molecule has 5 N–H and O–H groups in total. The molecular formula is C23H23ClN6O2. The van der Waals surface area contributed by atoms with E-state index in [0.717, 1.165) is 18.4 Å². The highest BCUT2D eigenvalue weighted by molar-refractivity contribution is 6.33. The molecule has 1 aliphatic carbocycles. The van der Waals surface area contributed by atoms with E-state index in [1.165, 1.54) is 6.20 Å². The van der Waals surface area contributed by atoms with E-state index in [2.05, 4.69) is 25.9 Å². The lowest BCUT2D eigenvalue weighted by Crippen LogP contribution is -2.18. The second kappa shape index (κ2) is 9.23. The van der Waals surface area contributed by atoms with Crippen LogP contribution in [0.1, 0.15) is 41.7 Å². The first-order valence-corrected chi connectivity index (χ1v) is 10.6. The van der Waals surface area contributed by atoms with E-state index < -0.39 is 5.91 Å². The molecule has 2 amide bonds. The van der Waals surface area contributed by atoms with Crippen molar-refractivity contribution in [3.8, 4) is 0 Å². The van der Waals surface area contributed by atoms with Gasteiger partial charge in [0.2, 0.25) is 11.9 Å². The van der Waals surface area contributed by atoms with Gasteiger partial charge < -0.3 is 21.7 Å².